The van der Waals surface area contributed by atoms with Crippen LogP contribution in [0.4, 0.5) is 0 Å². The maximum absolute atomic E-state index is 11.2. The summed E-state index contributed by atoms with van der Waals surface area (Å²) in [6.07, 6.45) is 3.26. The van der Waals surface area contributed by atoms with Crippen molar-refractivity contribution in [2.75, 3.05) is 7.11 Å². The molecule has 26 heavy (non-hydrogen) atoms. The van der Waals surface area contributed by atoms with Gasteiger partial charge in [-0.25, -0.2) is 0 Å². The number of hydrogen-bond acceptors (Lipinski definition) is 3. The summed E-state index contributed by atoms with van der Waals surface area (Å²) in [7, 11) is 1.00. The summed E-state index contributed by atoms with van der Waals surface area (Å²) in [5.41, 5.74) is 4.48. The van der Waals surface area contributed by atoms with Gasteiger partial charge in [-0.2, -0.15) is 0 Å². The number of ketones is 1. The van der Waals surface area contributed by atoms with Gasteiger partial charge in [0.2, 0.25) is 0 Å². The summed E-state index contributed by atoms with van der Waals surface area (Å²) in [4.78, 5) is 11.2. The Morgan fingerprint density at radius 1 is 0.962 bits per heavy atom. The minimum atomic E-state index is -0.224. The van der Waals surface area contributed by atoms with Crippen molar-refractivity contribution < 1.29 is 46.0 Å². The average Bonchev–Trinajstić information content (AvgIpc) is 3.13. The molecule has 4 rings (SSSR count). The molecule has 3 radical (unpaired) electrons. The van der Waals surface area contributed by atoms with Crippen LogP contribution < -0.4 is 29.6 Å². The summed E-state index contributed by atoms with van der Waals surface area (Å²) in [6.45, 7) is 0. The van der Waals surface area contributed by atoms with Crippen LogP contribution in [0.15, 0.2) is 45.3 Å². The number of aryl methyl sites for hydroxylation is 2. The van der Waals surface area contributed by atoms with Crippen LogP contribution in [0.25, 0.3) is 0 Å². The van der Waals surface area contributed by atoms with Crippen LogP contribution >= 0.6 is 31.9 Å². The van der Waals surface area contributed by atoms with E-state index in [9.17, 15) is 9.90 Å². The van der Waals surface area contributed by atoms with Gasteiger partial charge in [0, 0.05) is 36.5 Å². The van der Waals surface area contributed by atoms with E-state index in [1.807, 2.05) is 30.3 Å². The van der Waals surface area contributed by atoms with Gasteiger partial charge in [-0.05, 0) is 60.2 Å². The van der Waals surface area contributed by atoms with E-state index in [1.54, 1.807) is 0 Å². The van der Waals surface area contributed by atoms with E-state index in [4.69, 9.17) is 5.11 Å². The molecule has 2 aliphatic carbocycles. The molecule has 0 bridgehead atoms. The standard InChI is InChI=1S/C9H9BrO.C9H7BrO.CH4O.B.Na.H/c2*10-7-2-3-8-6(5-7)1-4-9(8)11;1-2;;;/h2-3,5,9,11H,1,4H2;2-3,5H,1,4H2;2H,1H3;;;/q;;;;+1;-1. The second kappa shape index (κ2) is 12.5. The summed E-state index contributed by atoms with van der Waals surface area (Å²) >= 11 is 6.78. The molecule has 0 heterocycles. The second-order valence-electron chi connectivity index (χ2n) is 5.62. The Morgan fingerprint density at radius 2 is 1.54 bits per heavy atom. The molecule has 0 spiro atoms. The molecular formula is C19H21BBr2NaO3. The van der Waals surface area contributed by atoms with Crippen LogP contribution in [0.2, 0.25) is 0 Å². The Labute approximate surface area is 197 Å². The molecule has 2 aromatic carbocycles. The summed E-state index contributed by atoms with van der Waals surface area (Å²) in [5.74, 6) is 0.285. The summed E-state index contributed by atoms with van der Waals surface area (Å²) in [6, 6.07) is 11.9. The fraction of sp³-hybridized carbons (Fsp3) is 0.316. The van der Waals surface area contributed by atoms with Gasteiger partial charge in [0.05, 0.1) is 6.10 Å². The molecule has 0 amide bonds. The van der Waals surface area contributed by atoms with Crippen molar-refractivity contribution in [1.29, 1.82) is 0 Å². The van der Waals surface area contributed by atoms with Gasteiger partial charge in [0.15, 0.2) is 5.78 Å². The molecule has 1 unspecified atom stereocenters. The van der Waals surface area contributed by atoms with Crippen molar-refractivity contribution in [3.8, 4) is 0 Å². The molecule has 2 N–H and O–H groups in total. The van der Waals surface area contributed by atoms with Crippen molar-refractivity contribution in [2.45, 2.75) is 31.8 Å². The van der Waals surface area contributed by atoms with Crippen molar-refractivity contribution in [1.82, 2.24) is 0 Å². The van der Waals surface area contributed by atoms with Crippen molar-refractivity contribution in [3.63, 3.8) is 0 Å². The monoisotopic (exact) mass is 489 g/mol. The third-order valence-corrected chi connectivity index (χ3v) is 5.13. The molecule has 1 atom stereocenters. The number of Topliss-reactive ketones (excluding diaryl/α,β-unsaturated/α-hetero) is 1. The van der Waals surface area contributed by atoms with Gasteiger partial charge < -0.3 is 11.6 Å². The first-order valence-electron chi connectivity index (χ1n) is 7.77. The fourth-order valence-corrected chi connectivity index (χ4v) is 3.80. The molecular weight excluding hydrogens is 470 g/mol. The van der Waals surface area contributed by atoms with Crippen LogP contribution in [0.3, 0.4) is 0 Å². The normalized spacial score (nSPS) is 15.9. The number of carbonyl (C=O) groups is 1. The smallest absolute Gasteiger partial charge is 1.00 e. The Kier molecular flexibility index (Phi) is 12.5. The molecule has 0 saturated carbocycles. The zero-order chi connectivity index (χ0) is 17.7. The number of fused-ring (bicyclic) bond motifs is 2. The minimum absolute atomic E-state index is 0. The number of aliphatic hydroxyl groups excluding tert-OH is 2. The number of aliphatic hydroxyl groups is 2. The van der Waals surface area contributed by atoms with E-state index < -0.39 is 0 Å². The van der Waals surface area contributed by atoms with E-state index in [0.717, 1.165) is 46.4 Å². The van der Waals surface area contributed by atoms with Crippen molar-refractivity contribution in [2.24, 2.45) is 0 Å². The number of hydrogen-bond donors (Lipinski definition) is 2. The Hall–Kier alpha value is 0.0549. The van der Waals surface area contributed by atoms with Crippen molar-refractivity contribution in [3.05, 3.63) is 67.6 Å². The molecule has 0 fully saturated rings. The maximum atomic E-state index is 11.2. The van der Waals surface area contributed by atoms with Gasteiger partial charge in [0.1, 0.15) is 0 Å². The minimum Gasteiger partial charge on any atom is -1.00 e. The van der Waals surface area contributed by atoms with Gasteiger partial charge >= 0.3 is 29.6 Å². The van der Waals surface area contributed by atoms with Crippen LogP contribution in [0.1, 0.15) is 47.4 Å². The summed E-state index contributed by atoms with van der Waals surface area (Å²) in [5, 5.41) is 16.5. The number of carbonyl (C=O) groups excluding carboxylic acids is 1. The van der Waals surface area contributed by atoms with Gasteiger partial charge in [-0.1, -0.05) is 44.0 Å². The second-order valence-corrected chi connectivity index (χ2v) is 7.45. The van der Waals surface area contributed by atoms with Crippen LogP contribution in [0, 0.1) is 0 Å². The zero-order valence-electron chi connectivity index (χ0n) is 16.0. The molecule has 0 aromatic heterocycles. The van der Waals surface area contributed by atoms with Crippen LogP contribution in [-0.2, 0) is 12.8 Å². The molecule has 0 aliphatic heterocycles. The first kappa shape index (κ1) is 26.1. The van der Waals surface area contributed by atoms with E-state index in [2.05, 4.69) is 37.9 Å². The average molecular weight is 491 g/mol. The first-order chi connectivity index (χ1) is 11.5. The van der Waals surface area contributed by atoms with E-state index >= 15 is 0 Å². The zero-order valence-corrected chi connectivity index (χ0v) is 20.2. The first-order valence-corrected chi connectivity index (χ1v) is 9.36. The number of halogens is 2. The Bertz CT molecular complexity index is 747. The molecule has 2 aliphatic rings. The number of rotatable bonds is 0. The predicted octanol–water partition coefficient (Wildman–Crippen LogP) is 1.35. The molecule has 7 heteroatoms. The SMILES string of the molecule is CO.O=C1CCc2cc(Br)ccc21.OC1CCc2cc(Br)ccc21.[B].[H-].[Na+]. The van der Waals surface area contributed by atoms with Gasteiger partial charge in [-0.15, -0.1) is 0 Å². The number of benzene rings is 2. The predicted molar refractivity (Wildman–Crippen MR) is 109 cm³/mol. The van der Waals surface area contributed by atoms with E-state index in [0.29, 0.717) is 6.42 Å². The maximum Gasteiger partial charge on any atom is 1.00 e. The van der Waals surface area contributed by atoms with Crippen LogP contribution in [0.5, 0.6) is 0 Å². The Balaban J connectivity index is 0. The third kappa shape index (κ3) is 6.59. The molecule has 0 saturated heterocycles. The fourth-order valence-electron chi connectivity index (χ4n) is 2.99. The van der Waals surface area contributed by atoms with Crippen molar-refractivity contribution >= 4 is 46.1 Å². The van der Waals surface area contributed by atoms with Crippen LogP contribution in [-0.4, -0.2) is 31.5 Å². The van der Waals surface area contributed by atoms with Gasteiger partial charge in [-0.3, -0.25) is 4.79 Å². The quantitative estimate of drug-likeness (QED) is 0.548. The van der Waals surface area contributed by atoms with Gasteiger partial charge in [0.25, 0.3) is 0 Å². The Morgan fingerprint density at radius 3 is 2.19 bits per heavy atom. The largest absolute Gasteiger partial charge is 1.00 e. The van der Waals surface area contributed by atoms with E-state index in [-0.39, 0.29) is 51.3 Å². The van der Waals surface area contributed by atoms with E-state index in [1.165, 1.54) is 11.1 Å². The molecule has 2 aromatic rings. The molecule has 3 nitrogen and oxygen atoms in total. The summed E-state index contributed by atoms with van der Waals surface area (Å²) < 4.78 is 2.16. The topological polar surface area (TPSA) is 57.5 Å². The third-order valence-electron chi connectivity index (χ3n) is 4.14. The molecule has 133 valence electrons.